The number of hydrogen-bond donors (Lipinski definition) is 0. The summed E-state index contributed by atoms with van der Waals surface area (Å²) >= 11 is 2.08. The van der Waals surface area contributed by atoms with Crippen LogP contribution in [0.15, 0.2) is 16.5 Å². The van der Waals surface area contributed by atoms with Crippen LogP contribution in [0, 0.1) is 3.77 Å². The van der Waals surface area contributed by atoms with Crippen molar-refractivity contribution in [3.05, 3.63) is 15.9 Å². The maximum absolute atomic E-state index is 5.00. The molecule has 0 aliphatic rings. The number of ether oxygens (including phenoxy) is 1. The van der Waals surface area contributed by atoms with Gasteiger partial charge in [-0.05, 0) is 28.7 Å². The SMILES string of the molecule is COc1ccc(I)o1. The van der Waals surface area contributed by atoms with Crippen LogP contribution in [-0.2, 0) is 0 Å². The Labute approximate surface area is 61.0 Å². The molecule has 0 amide bonds. The summed E-state index contributed by atoms with van der Waals surface area (Å²) in [6.45, 7) is 0. The van der Waals surface area contributed by atoms with Crippen molar-refractivity contribution >= 4 is 22.6 Å². The molecule has 0 spiro atoms. The average molecular weight is 224 g/mol. The van der Waals surface area contributed by atoms with E-state index in [1.807, 2.05) is 6.07 Å². The van der Waals surface area contributed by atoms with Crippen LogP contribution in [-0.4, -0.2) is 7.11 Å². The minimum atomic E-state index is 0.564. The van der Waals surface area contributed by atoms with Crippen LogP contribution >= 0.6 is 22.6 Å². The zero-order valence-electron chi connectivity index (χ0n) is 4.35. The highest BCUT2D eigenvalue weighted by atomic mass is 127. The van der Waals surface area contributed by atoms with Gasteiger partial charge in [-0.1, -0.05) is 0 Å². The molecule has 1 aromatic rings. The van der Waals surface area contributed by atoms with Crippen molar-refractivity contribution in [2.24, 2.45) is 0 Å². The largest absolute Gasteiger partial charge is 0.468 e. The Morgan fingerprint density at radius 1 is 1.62 bits per heavy atom. The smallest absolute Gasteiger partial charge is 0.284 e. The average Bonchev–Trinajstić information content (AvgIpc) is 2.14. The van der Waals surface area contributed by atoms with Crippen LogP contribution in [0.3, 0.4) is 0 Å². The van der Waals surface area contributed by atoms with Gasteiger partial charge in [-0.2, -0.15) is 0 Å². The number of halogens is 1. The Morgan fingerprint density at radius 3 is 2.62 bits per heavy atom. The Bertz CT molecular complexity index is 171. The molecular formula is C5H5IO2. The third kappa shape index (κ3) is 1.15. The molecule has 0 N–H and O–H groups in total. The summed E-state index contributed by atoms with van der Waals surface area (Å²) < 4.78 is 10.6. The Balaban J connectivity index is 2.84. The molecule has 2 nitrogen and oxygen atoms in total. The van der Waals surface area contributed by atoms with Crippen LogP contribution in [0.2, 0.25) is 0 Å². The molecular weight excluding hydrogens is 219 g/mol. The summed E-state index contributed by atoms with van der Waals surface area (Å²) in [4.78, 5) is 0. The van der Waals surface area contributed by atoms with Crippen molar-refractivity contribution in [3.63, 3.8) is 0 Å². The standard InChI is InChI=1S/C5H5IO2/c1-7-5-3-2-4(6)8-5/h2-3H,1H3. The third-order valence-electron chi connectivity index (χ3n) is 0.750. The summed E-state index contributed by atoms with van der Waals surface area (Å²) in [5, 5.41) is 0. The van der Waals surface area contributed by atoms with Gasteiger partial charge in [0.15, 0.2) is 3.77 Å². The van der Waals surface area contributed by atoms with Gasteiger partial charge in [0.05, 0.1) is 7.11 Å². The summed E-state index contributed by atoms with van der Waals surface area (Å²) in [6.07, 6.45) is 0. The first kappa shape index (κ1) is 5.94. The maximum atomic E-state index is 5.00. The Hall–Kier alpha value is -0.190. The van der Waals surface area contributed by atoms with Crippen molar-refractivity contribution in [1.29, 1.82) is 0 Å². The lowest BCUT2D eigenvalue weighted by Gasteiger charge is -1.86. The monoisotopic (exact) mass is 224 g/mol. The molecule has 0 saturated carbocycles. The van der Waals surface area contributed by atoms with Crippen LogP contribution in [0.5, 0.6) is 5.95 Å². The number of furan rings is 1. The minimum absolute atomic E-state index is 0.564. The van der Waals surface area contributed by atoms with E-state index in [2.05, 4.69) is 22.6 Å². The van der Waals surface area contributed by atoms with Crippen molar-refractivity contribution in [1.82, 2.24) is 0 Å². The molecule has 0 saturated heterocycles. The van der Waals surface area contributed by atoms with Gasteiger partial charge in [-0.3, -0.25) is 0 Å². The van der Waals surface area contributed by atoms with Gasteiger partial charge in [0.2, 0.25) is 0 Å². The van der Waals surface area contributed by atoms with Gasteiger partial charge in [0.1, 0.15) is 0 Å². The van der Waals surface area contributed by atoms with E-state index in [0.29, 0.717) is 5.95 Å². The lowest BCUT2D eigenvalue weighted by molar-refractivity contribution is 0.298. The first-order chi connectivity index (χ1) is 3.83. The minimum Gasteiger partial charge on any atom is -0.468 e. The van der Waals surface area contributed by atoms with E-state index >= 15 is 0 Å². The highest BCUT2D eigenvalue weighted by Gasteiger charge is 1.93. The molecule has 1 rings (SSSR count). The van der Waals surface area contributed by atoms with Gasteiger partial charge < -0.3 is 9.15 Å². The Kier molecular flexibility index (Phi) is 1.77. The number of hydrogen-bond acceptors (Lipinski definition) is 2. The van der Waals surface area contributed by atoms with Crippen LogP contribution in [0.1, 0.15) is 0 Å². The van der Waals surface area contributed by atoms with E-state index in [4.69, 9.17) is 9.15 Å². The molecule has 0 bridgehead atoms. The normalized spacial score (nSPS) is 9.25. The van der Waals surface area contributed by atoms with Gasteiger partial charge in [-0.15, -0.1) is 0 Å². The van der Waals surface area contributed by atoms with Gasteiger partial charge >= 0.3 is 0 Å². The highest BCUT2D eigenvalue weighted by molar-refractivity contribution is 14.1. The first-order valence-electron chi connectivity index (χ1n) is 2.12. The van der Waals surface area contributed by atoms with Crippen molar-refractivity contribution in [2.75, 3.05) is 7.11 Å². The van der Waals surface area contributed by atoms with E-state index in [1.165, 1.54) is 0 Å². The zero-order valence-corrected chi connectivity index (χ0v) is 6.51. The number of rotatable bonds is 1. The summed E-state index contributed by atoms with van der Waals surface area (Å²) in [5.41, 5.74) is 0. The second-order valence-corrected chi connectivity index (χ2v) is 2.33. The van der Waals surface area contributed by atoms with Gasteiger partial charge in [0.25, 0.3) is 5.95 Å². The van der Waals surface area contributed by atoms with E-state index in [-0.39, 0.29) is 0 Å². The molecule has 0 fully saturated rings. The van der Waals surface area contributed by atoms with Crippen LogP contribution < -0.4 is 4.74 Å². The molecule has 0 aliphatic heterocycles. The van der Waals surface area contributed by atoms with Gasteiger partial charge in [-0.25, -0.2) is 0 Å². The maximum Gasteiger partial charge on any atom is 0.284 e. The third-order valence-corrected chi connectivity index (χ3v) is 1.33. The topological polar surface area (TPSA) is 22.4 Å². The fraction of sp³-hybridized carbons (Fsp3) is 0.200. The molecule has 0 unspecified atom stereocenters. The first-order valence-corrected chi connectivity index (χ1v) is 3.20. The molecule has 0 radical (unpaired) electrons. The molecule has 3 heteroatoms. The number of methoxy groups -OCH3 is 1. The molecule has 8 heavy (non-hydrogen) atoms. The lowest BCUT2D eigenvalue weighted by atomic mass is 10.7. The van der Waals surface area contributed by atoms with Crippen molar-refractivity contribution in [2.45, 2.75) is 0 Å². The summed E-state index contributed by atoms with van der Waals surface area (Å²) in [5.74, 6) is 0.564. The van der Waals surface area contributed by atoms with Crippen LogP contribution in [0.25, 0.3) is 0 Å². The predicted octanol–water partition coefficient (Wildman–Crippen LogP) is 1.89. The van der Waals surface area contributed by atoms with E-state index in [1.54, 1.807) is 13.2 Å². The predicted molar refractivity (Wildman–Crippen MR) is 38.0 cm³/mol. The molecule has 0 aromatic carbocycles. The van der Waals surface area contributed by atoms with Gasteiger partial charge in [0, 0.05) is 6.07 Å². The fourth-order valence-corrected chi connectivity index (χ4v) is 0.804. The molecule has 44 valence electrons. The molecule has 1 heterocycles. The second-order valence-electron chi connectivity index (χ2n) is 1.26. The lowest BCUT2D eigenvalue weighted by Crippen LogP contribution is -1.75. The molecule has 0 aliphatic carbocycles. The second kappa shape index (κ2) is 2.39. The highest BCUT2D eigenvalue weighted by Crippen LogP contribution is 2.15. The zero-order chi connectivity index (χ0) is 5.98. The molecule has 0 atom stereocenters. The van der Waals surface area contributed by atoms with E-state index < -0.39 is 0 Å². The summed E-state index contributed by atoms with van der Waals surface area (Å²) in [6, 6.07) is 3.63. The van der Waals surface area contributed by atoms with E-state index in [0.717, 1.165) is 3.77 Å². The Morgan fingerprint density at radius 2 is 2.38 bits per heavy atom. The quantitative estimate of drug-likeness (QED) is 0.679. The fourth-order valence-electron chi connectivity index (χ4n) is 0.407. The van der Waals surface area contributed by atoms with Crippen molar-refractivity contribution in [3.8, 4) is 5.95 Å². The molecule has 1 aromatic heterocycles. The summed E-state index contributed by atoms with van der Waals surface area (Å²) in [7, 11) is 1.58. The van der Waals surface area contributed by atoms with Crippen LogP contribution in [0.4, 0.5) is 0 Å². The van der Waals surface area contributed by atoms with Crippen molar-refractivity contribution < 1.29 is 9.15 Å². The van der Waals surface area contributed by atoms with E-state index in [9.17, 15) is 0 Å².